The van der Waals surface area contributed by atoms with E-state index in [4.69, 9.17) is 14.9 Å². The Bertz CT molecular complexity index is 101. The normalized spacial score (nSPS) is 14.0. The third-order valence-electron chi connectivity index (χ3n) is 1.84. The van der Waals surface area contributed by atoms with E-state index in [1.807, 2.05) is 0 Å². The lowest BCUT2D eigenvalue weighted by Gasteiger charge is -2.10. The summed E-state index contributed by atoms with van der Waals surface area (Å²) in [6.07, 6.45) is 4.92. The molecule has 0 radical (unpaired) electrons. The molecule has 0 aromatic heterocycles. The molecule has 0 saturated carbocycles. The van der Waals surface area contributed by atoms with Crippen LogP contribution in [0.1, 0.15) is 53.4 Å². The maximum absolute atomic E-state index is 8.69. The monoisotopic (exact) mass is 220 g/mol. The van der Waals surface area contributed by atoms with Crippen molar-refractivity contribution in [3.8, 4) is 0 Å². The Kier molecular flexibility index (Phi) is 16.0. The highest BCUT2D eigenvalue weighted by Gasteiger charge is 2.00. The van der Waals surface area contributed by atoms with E-state index >= 15 is 0 Å². The largest absolute Gasteiger partial charge is 0.394 e. The van der Waals surface area contributed by atoms with Gasteiger partial charge in [-0.15, -0.1) is 0 Å². The van der Waals surface area contributed by atoms with Gasteiger partial charge in [0.25, 0.3) is 0 Å². The molecule has 0 aliphatic rings. The average Bonchev–Trinajstić information content (AvgIpc) is 2.23. The number of rotatable bonds is 7. The minimum atomic E-state index is -0.445. The van der Waals surface area contributed by atoms with Crippen molar-refractivity contribution in [2.24, 2.45) is 0 Å². The fraction of sp³-hybridized carbons (Fsp3) is 1.00. The van der Waals surface area contributed by atoms with Gasteiger partial charge in [-0.2, -0.15) is 0 Å². The lowest BCUT2D eigenvalue weighted by atomic mass is 10.2. The van der Waals surface area contributed by atoms with Gasteiger partial charge >= 0.3 is 0 Å². The van der Waals surface area contributed by atoms with E-state index in [-0.39, 0.29) is 12.7 Å². The predicted octanol–water partition coefficient (Wildman–Crippen LogP) is 2.35. The Hall–Kier alpha value is -0.120. The molecule has 0 aromatic carbocycles. The summed E-state index contributed by atoms with van der Waals surface area (Å²) in [5.41, 5.74) is 0. The van der Waals surface area contributed by atoms with Crippen LogP contribution in [0.4, 0.5) is 0 Å². The molecule has 3 nitrogen and oxygen atoms in total. The van der Waals surface area contributed by atoms with E-state index in [0.29, 0.717) is 6.61 Å². The first kappa shape index (κ1) is 17.3. The molecule has 0 saturated heterocycles. The smallest absolute Gasteiger partial charge is 0.0779 e. The minimum absolute atomic E-state index is 0.00667. The van der Waals surface area contributed by atoms with Gasteiger partial charge in [0, 0.05) is 0 Å². The molecule has 0 aliphatic heterocycles. The fourth-order valence-corrected chi connectivity index (χ4v) is 0.856. The number of unbranched alkanes of at least 4 members (excludes halogenated alkanes) is 3. The molecule has 3 heteroatoms. The van der Waals surface area contributed by atoms with Crippen molar-refractivity contribution in [3.63, 3.8) is 0 Å². The second-order valence-electron chi connectivity index (χ2n) is 3.88. The van der Waals surface area contributed by atoms with Gasteiger partial charge in [0.2, 0.25) is 0 Å². The van der Waals surface area contributed by atoms with Crippen LogP contribution in [0.2, 0.25) is 0 Å². The van der Waals surface area contributed by atoms with E-state index < -0.39 is 6.10 Å². The first-order valence-electron chi connectivity index (χ1n) is 5.98. The third-order valence-corrected chi connectivity index (χ3v) is 1.84. The van der Waals surface area contributed by atoms with Crippen LogP contribution in [0.5, 0.6) is 0 Å². The zero-order valence-corrected chi connectivity index (χ0v) is 10.7. The van der Waals surface area contributed by atoms with E-state index in [9.17, 15) is 0 Å². The SMILES string of the molecule is CC(O)COC(C)CO.CCCCCC. The number of hydrogen-bond donors (Lipinski definition) is 2. The second kappa shape index (κ2) is 13.9. The molecule has 2 N–H and O–H groups in total. The first-order chi connectivity index (χ1) is 7.08. The van der Waals surface area contributed by atoms with Crippen LogP contribution < -0.4 is 0 Å². The number of aliphatic hydroxyl groups excluding tert-OH is 2. The molecule has 0 bridgehead atoms. The first-order valence-corrected chi connectivity index (χ1v) is 5.98. The van der Waals surface area contributed by atoms with Crippen molar-refractivity contribution in [2.75, 3.05) is 13.2 Å². The molecule has 0 fully saturated rings. The second-order valence-corrected chi connectivity index (χ2v) is 3.88. The maximum Gasteiger partial charge on any atom is 0.0779 e. The van der Waals surface area contributed by atoms with E-state index in [1.165, 1.54) is 25.7 Å². The van der Waals surface area contributed by atoms with Crippen LogP contribution in [-0.4, -0.2) is 35.6 Å². The van der Waals surface area contributed by atoms with Gasteiger partial charge in [-0.05, 0) is 13.8 Å². The Labute approximate surface area is 94.5 Å². The van der Waals surface area contributed by atoms with Crippen LogP contribution in [-0.2, 0) is 4.74 Å². The van der Waals surface area contributed by atoms with Crippen molar-refractivity contribution >= 4 is 0 Å². The van der Waals surface area contributed by atoms with Gasteiger partial charge in [0.1, 0.15) is 0 Å². The Morgan fingerprint density at radius 3 is 1.80 bits per heavy atom. The van der Waals surface area contributed by atoms with Crippen LogP contribution in [0.25, 0.3) is 0 Å². The minimum Gasteiger partial charge on any atom is -0.394 e. The molecule has 0 rings (SSSR count). The van der Waals surface area contributed by atoms with E-state index in [1.54, 1.807) is 13.8 Å². The lowest BCUT2D eigenvalue weighted by Crippen LogP contribution is -2.19. The van der Waals surface area contributed by atoms with E-state index in [0.717, 1.165) is 0 Å². The Balaban J connectivity index is 0. The molecule has 15 heavy (non-hydrogen) atoms. The summed E-state index contributed by atoms with van der Waals surface area (Å²) < 4.78 is 4.95. The molecule has 0 spiro atoms. The van der Waals surface area contributed by atoms with Gasteiger partial charge in [0.05, 0.1) is 25.4 Å². The van der Waals surface area contributed by atoms with Crippen LogP contribution in [0, 0.1) is 0 Å². The fourth-order valence-electron chi connectivity index (χ4n) is 0.856. The number of aliphatic hydroxyl groups is 2. The van der Waals surface area contributed by atoms with Gasteiger partial charge in [-0.25, -0.2) is 0 Å². The van der Waals surface area contributed by atoms with Gasteiger partial charge in [-0.3, -0.25) is 0 Å². The van der Waals surface area contributed by atoms with Gasteiger partial charge < -0.3 is 14.9 Å². The van der Waals surface area contributed by atoms with Gasteiger partial charge in [-0.1, -0.05) is 39.5 Å². The Morgan fingerprint density at radius 1 is 1.07 bits per heavy atom. The zero-order chi connectivity index (χ0) is 12.1. The lowest BCUT2D eigenvalue weighted by molar-refractivity contribution is -0.0177. The highest BCUT2D eigenvalue weighted by Crippen LogP contribution is 1.95. The molecule has 0 amide bonds. The highest BCUT2D eigenvalue weighted by atomic mass is 16.5. The summed E-state index contributed by atoms with van der Waals surface area (Å²) >= 11 is 0. The summed E-state index contributed by atoms with van der Waals surface area (Å²) in [6.45, 7) is 8.16. The summed E-state index contributed by atoms with van der Waals surface area (Å²) in [5, 5.41) is 17.1. The third kappa shape index (κ3) is 20.1. The standard InChI is InChI=1S/C6H14O3.C6H14/c1-5(8)4-9-6(2)3-7;1-3-5-6-4-2/h5-8H,3-4H2,1-2H3;3-6H2,1-2H3. The molecule has 0 aliphatic carbocycles. The summed E-state index contributed by atoms with van der Waals surface area (Å²) in [7, 11) is 0. The molecule has 2 unspecified atom stereocenters. The van der Waals surface area contributed by atoms with Crippen LogP contribution in [0.3, 0.4) is 0 Å². The summed E-state index contributed by atoms with van der Waals surface area (Å²) in [5.74, 6) is 0. The average molecular weight is 220 g/mol. The van der Waals surface area contributed by atoms with Crippen molar-refractivity contribution < 1.29 is 14.9 Å². The quantitative estimate of drug-likeness (QED) is 0.648. The van der Waals surface area contributed by atoms with Crippen LogP contribution >= 0.6 is 0 Å². The predicted molar refractivity (Wildman–Crippen MR) is 64.0 cm³/mol. The molecule has 0 aromatic rings. The number of ether oxygens (including phenoxy) is 1. The molecule has 94 valence electrons. The number of hydrogen-bond acceptors (Lipinski definition) is 3. The molecule has 2 atom stereocenters. The molecular formula is C12H28O3. The van der Waals surface area contributed by atoms with Crippen molar-refractivity contribution in [1.29, 1.82) is 0 Å². The zero-order valence-electron chi connectivity index (χ0n) is 10.7. The van der Waals surface area contributed by atoms with Crippen LogP contribution in [0.15, 0.2) is 0 Å². The van der Waals surface area contributed by atoms with Crippen molar-refractivity contribution in [2.45, 2.75) is 65.6 Å². The maximum atomic E-state index is 8.69. The highest BCUT2D eigenvalue weighted by molar-refractivity contribution is 4.47. The topological polar surface area (TPSA) is 49.7 Å². The Morgan fingerprint density at radius 2 is 1.53 bits per heavy atom. The summed E-state index contributed by atoms with van der Waals surface area (Å²) in [6, 6.07) is 0. The van der Waals surface area contributed by atoms with Crippen molar-refractivity contribution in [3.05, 3.63) is 0 Å². The molecular weight excluding hydrogens is 192 g/mol. The van der Waals surface area contributed by atoms with Gasteiger partial charge in [0.15, 0.2) is 0 Å². The summed E-state index contributed by atoms with van der Waals surface area (Å²) in [4.78, 5) is 0. The van der Waals surface area contributed by atoms with E-state index in [2.05, 4.69) is 13.8 Å². The van der Waals surface area contributed by atoms with Crippen molar-refractivity contribution in [1.82, 2.24) is 0 Å². The molecule has 0 heterocycles.